The Morgan fingerprint density at radius 3 is 2.64 bits per heavy atom. The smallest absolute Gasteiger partial charge is 0.251 e. The van der Waals surface area contributed by atoms with Gasteiger partial charge in [0.15, 0.2) is 5.65 Å². The molecule has 0 unspecified atom stereocenters. The molecule has 4 rings (SSSR count). The lowest BCUT2D eigenvalue weighted by atomic mass is 10.1. The van der Waals surface area contributed by atoms with E-state index in [-0.39, 0.29) is 11.7 Å². The third-order valence-corrected chi connectivity index (χ3v) is 5.24. The molecule has 7 nitrogen and oxygen atoms in total. The topological polar surface area (TPSA) is 78.7 Å². The van der Waals surface area contributed by atoms with Crippen LogP contribution >= 0.6 is 0 Å². The number of hydrogen-bond acceptors (Lipinski definition) is 4. The predicted molar refractivity (Wildman–Crippen MR) is 127 cm³/mol. The van der Waals surface area contributed by atoms with Crippen LogP contribution < -0.4 is 10.6 Å². The van der Waals surface area contributed by atoms with Crippen molar-refractivity contribution >= 4 is 23.7 Å². The van der Waals surface area contributed by atoms with Gasteiger partial charge in [-0.15, -0.1) is 0 Å². The number of likely N-dealkylation sites (N-methyl/N-ethyl adjacent to an activating group) is 1. The first-order chi connectivity index (χ1) is 16.0. The summed E-state index contributed by atoms with van der Waals surface area (Å²) < 4.78 is 15.6. The molecular weight excluding hydrogens is 421 g/mol. The molecule has 0 saturated heterocycles. The molecule has 0 atom stereocenters. The van der Waals surface area contributed by atoms with Gasteiger partial charge in [0.2, 0.25) is 6.41 Å². The number of rotatable bonds is 8. The van der Waals surface area contributed by atoms with Crippen molar-refractivity contribution in [2.75, 3.05) is 32.5 Å². The highest BCUT2D eigenvalue weighted by atomic mass is 19.1. The van der Waals surface area contributed by atoms with Crippen LogP contribution in [0.3, 0.4) is 0 Å². The number of imidazole rings is 1. The lowest BCUT2D eigenvalue weighted by Gasteiger charge is -2.12. The number of aromatic nitrogens is 2. The molecule has 0 radical (unpaired) electrons. The minimum absolute atomic E-state index is 0.156. The van der Waals surface area contributed by atoms with Gasteiger partial charge in [0, 0.05) is 36.0 Å². The summed E-state index contributed by atoms with van der Waals surface area (Å²) in [6.07, 6.45) is 4.10. The van der Waals surface area contributed by atoms with E-state index in [1.165, 1.54) is 12.1 Å². The van der Waals surface area contributed by atoms with Gasteiger partial charge in [0.25, 0.3) is 5.91 Å². The Morgan fingerprint density at radius 1 is 1.09 bits per heavy atom. The average molecular weight is 445 g/mol. The zero-order valence-electron chi connectivity index (χ0n) is 18.4. The number of halogens is 1. The third kappa shape index (κ3) is 4.91. The van der Waals surface area contributed by atoms with Crippen molar-refractivity contribution in [2.45, 2.75) is 0 Å². The largest absolute Gasteiger partial charge is 0.351 e. The Morgan fingerprint density at radius 2 is 1.88 bits per heavy atom. The summed E-state index contributed by atoms with van der Waals surface area (Å²) in [5.41, 5.74) is 4.47. The van der Waals surface area contributed by atoms with E-state index in [0.717, 1.165) is 17.8 Å². The zero-order chi connectivity index (χ0) is 23.4. The first-order valence-electron chi connectivity index (χ1n) is 10.5. The van der Waals surface area contributed by atoms with Gasteiger partial charge >= 0.3 is 0 Å². The Kier molecular flexibility index (Phi) is 6.46. The maximum atomic E-state index is 13.8. The maximum absolute atomic E-state index is 13.8. The van der Waals surface area contributed by atoms with Gasteiger partial charge in [0.1, 0.15) is 5.82 Å². The highest BCUT2D eigenvalue weighted by Crippen LogP contribution is 2.30. The summed E-state index contributed by atoms with van der Waals surface area (Å²) >= 11 is 0. The summed E-state index contributed by atoms with van der Waals surface area (Å²) in [5, 5.41) is 5.59. The second-order valence-electron chi connectivity index (χ2n) is 7.89. The SMILES string of the molecule is CN(C)CCNC(=O)c1cccc(-c2cnc3c(NC=O)cc(-c4cccc(F)c4)cn23)c1. The highest BCUT2D eigenvalue weighted by molar-refractivity contribution is 5.95. The van der Waals surface area contributed by atoms with Crippen molar-refractivity contribution < 1.29 is 14.0 Å². The molecular formula is C25H24FN5O2. The predicted octanol–water partition coefficient (Wildman–Crippen LogP) is 3.67. The quantitative estimate of drug-likeness (QED) is 0.406. The summed E-state index contributed by atoms with van der Waals surface area (Å²) in [6.45, 7) is 1.29. The van der Waals surface area contributed by atoms with Crippen molar-refractivity contribution in [2.24, 2.45) is 0 Å². The summed E-state index contributed by atoms with van der Waals surface area (Å²) in [4.78, 5) is 30.2. The van der Waals surface area contributed by atoms with E-state index in [1.807, 2.05) is 41.7 Å². The molecule has 2 aromatic heterocycles. The normalized spacial score (nSPS) is 11.0. The Balaban J connectivity index is 1.75. The summed E-state index contributed by atoms with van der Waals surface area (Å²) in [7, 11) is 3.90. The van der Waals surface area contributed by atoms with Gasteiger partial charge in [-0.1, -0.05) is 24.3 Å². The molecule has 0 spiro atoms. The van der Waals surface area contributed by atoms with Crippen LogP contribution in [0.4, 0.5) is 10.1 Å². The number of carbonyl (C=O) groups excluding carboxylic acids is 2. The standard InChI is InChI=1S/C25H24FN5O2/c1-30(2)10-9-27-25(33)19-7-3-6-18(11-19)23-14-28-24-22(29-16-32)13-20(15-31(23)24)17-5-4-8-21(26)12-17/h3-8,11-16H,9-10H2,1-2H3,(H,27,33)(H,29,32). The van der Waals surface area contributed by atoms with Crippen molar-refractivity contribution in [3.05, 3.63) is 78.4 Å². The van der Waals surface area contributed by atoms with Crippen LogP contribution in [-0.2, 0) is 4.79 Å². The maximum Gasteiger partial charge on any atom is 0.251 e. The highest BCUT2D eigenvalue weighted by Gasteiger charge is 2.14. The van der Waals surface area contributed by atoms with Gasteiger partial charge in [-0.2, -0.15) is 0 Å². The van der Waals surface area contributed by atoms with Crippen LogP contribution in [0.15, 0.2) is 67.0 Å². The van der Waals surface area contributed by atoms with Gasteiger partial charge in [-0.3, -0.25) is 14.0 Å². The fourth-order valence-electron chi connectivity index (χ4n) is 3.61. The van der Waals surface area contributed by atoms with E-state index in [9.17, 15) is 14.0 Å². The number of nitrogens with one attached hydrogen (secondary N) is 2. The molecule has 0 fully saturated rings. The van der Waals surface area contributed by atoms with Crippen molar-refractivity contribution in [1.29, 1.82) is 0 Å². The number of hydrogen-bond donors (Lipinski definition) is 2. The van der Waals surface area contributed by atoms with Crippen molar-refractivity contribution in [3.8, 4) is 22.4 Å². The second-order valence-corrected chi connectivity index (χ2v) is 7.89. The number of pyridine rings is 1. The molecule has 0 aliphatic rings. The van der Waals surface area contributed by atoms with Crippen LogP contribution in [0.25, 0.3) is 28.0 Å². The fourth-order valence-corrected chi connectivity index (χ4v) is 3.61. The average Bonchev–Trinajstić information content (AvgIpc) is 3.23. The Bertz CT molecular complexity index is 1320. The number of fused-ring (bicyclic) bond motifs is 1. The molecule has 0 bridgehead atoms. The molecule has 0 saturated carbocycles. The van der Waals surface area contributed by atoms with E-state index < -0.39 is 0 Å². The summed E-state index contributed by atoms with van der Waals surface area (Å²) in [5.74, 6) is -0.507. The second kappa shape index (κ2) is 9.62. The molecule has 4 aromatic rings. The number of benzene rings is 2. The number of amides is 2. The van der Waals surface area contributed by atoms with E-state index in [2.05, 4.69) is 15.6 Å². The third-order valence-electron chi connectivity index (χ3n) is 5.24. The molecule has 0 aliphatic heterocycles. The van der Waals surface area contributed by atoms with E-state index in [1.54, 1.807) is 36.5 Å². The molecule has 2 N–H and O–H groups in total. The lowest BCUT2D eigenvalue weighted by Crippen LogP contribution is -2.31. The number of nitrogens with zero attached hydrogens (tertiary/aromatic N) is 3. The van der Waals surface area contributed by atoms with Crippen LogP contribution in [0, 0.1) is 5.82 Å². The molecule has 0 aliphatic carbocycles. The summed E-state index contributed by atoms with van der Waals surface area (Å²) in [6, 6.07) is 15.3. The minimum atomic E-state index is -0.351. The molecule has 2 amide bonds. The number of carbonyl (C=O) groups is 2. The molecule has 8 heteroatoms. The first-order valence-corrected chi connectivity index (χ1v) is 10.5. The Hall–Kier alpha value is -4.04. The Labute approximate surface area is 190 Å². The fraction of sp³-hybridized carbons (Fsp3) is 0.160. The van der Waals surface area contributed by atoms with Crippen LogP contribution in [0.5, 0.6) is 0 Å². The van der Waals surface area contributed by atoms with E-state index in [4.69, 9.17) is 0 Å². The minimum Gasteiger partial charge on any atom is -0.351 e. The van der Waals surface area contributed by atoms with Gasteiger partial charge in [0.05, 0.1) is 17.6 Å². The van der Waals surface area contributed by atoms with Crippen LogP contribution in [-0.4, -0.2) is 53.8 Å². The molecule has 33 heavy (non-hydrogen) atoms. The first kappa shape index (κ1) is 22.2. The van der Waals surface area contributed by atoms with E-state index in [0.29, 0.717) is 41.0 Å². The van der Waals surface area contributed by atoms with Gasteiger partial charge < -0.3 is 15.5 Å². The van der Waals surface area contributed by atoms with Crippen molar-refractivity contribution in [3.63, 3.8) is 0 Å². The molecule has 2 aromatic carbocycles. The monoisotopic (exact) mass is 445 g/mol. The van der Waals surface area contributed by atoms with Gasteiger partial charge in [-0.05, 0) is 50.0 Å². The van der Waals surface area contributed by atoms with E-state index >= 15 is 0 Å². The van der Waals surface area contributed by atoms with Gasteiger partial charge in [-0.25, -0.2) is 9.37 Å². The molecule has 2 heterocycles. The van der Waals surface area contributed by atoms with Crippen molar-refractivity contribution in [1.82, 2.24) is 19.6 Å². The molecule has 168 valence electrons. The van der Waals surface area contributed by atoms with Crippen LogP contribution in [0.1, 0.15) is 10.4 Å². The zero-order valence-corrected chi connectivity index (χ0v) is 18.4. The lowest BCUT2D eigenvalue weighted by molar-refractivity contribution is -0.105. The number of anilines is 1. The van der Waals surface area contributed by atoms with Crippen LogP contribution in [0.2, 0.25) is 0 Å².